The Labute approximate surface area is 115 Å². The number of amidine groups is 1. The number of nitrogen functional groups attached to an aromatic ring is 1. The van der Waals surface area contributed by atoms with Crippen molar-refractivity contribution in [2.75, 3.05) is 19.0 Å². The van der Waals surface area contributed by atoms with Crippen molar-refractivity contribution in [2.24, 2.45) is 5.73 Å². The smallest absolute Gasteiger partial charge is 0.167 e. The van der Waals surface area contributed by atoms with E-state index >= 15 is 0 Å². The van der Waals surface area contributed by atoms with Gasteiger partial charge in [-0.25, -0.2) is 4.39 Å². The summed E-state index contributed by atoms with van der Waals surface area (Å²) in [6, 6.07) is 1.58. The van der Waals surface area contributed by atoms with Crippen molar-refractivity contribution >= 4 is 11.7 Å². The van der Waals surface area contributed by atoms with Crippen molar-refractivity contribution in [1.82, 2.24) is 4.57 Å². The number of rotatable bonds is 4. The number of anilines is 1. The van der Waals surface area contributed by atoms with E-state index in [4.69, 9.17) is 21.0 Å². The van der Waals surface area contributed by atoms with Crippen LogP contribution in [0.2, 0.25) is 0 Å². The lowest BCUT2D eigenvalue weighted by molar-refractivity contribution is -0.0897. The summed E-state index contributed by atoms with van der Waals surface area (Å²) in [5, 5.41) is 29.7. The maximum Gasteiger partial charge on any atom is 0.167 e. The quantitative estimate of drug-likeness (QED) is 0.388. The summed E-state index contributed by atoms with van der Waals surface area (Å²) in [6.07, 6.45) is -2.28. The molecule has 6 N–H and O–H groups in total. The molecule has 2 rings (SSSR count). The summed E-state index contributed by atoms with van der Waals surface area (Å²) in [6.45, 7) is 0.786. The van der Waals surface area contributed by atoms with Crippen molar-refractivity contribution < 1.29 is 19.3 Å². The molecule has 0 saturated carbocycles. The van der Waals surface area contributed by atoms with Crippen LogP contribution in [-0.2, 0) is 4.74 Å². The Kier molecular flexibility index (Phi) is 3.72. The molecule has 1 aliphatic rings. The second kappa shape index (κ2) is 5.04. The Bertz CT molecular complexity index is 517. The Balaban J connectivity index is 2.44. The van der Waals surface area contributed by atoms with Gasteiger partial charge >= 0.3 is 0 Å². The topological polar surface area (TPSA) is 117 Å². The largest absolute Gasteiger partial charge is 0.394 e. The summed E-state index contributed by atoms with van der Waals surface area (Å²) in [5.74, 6) is 0.287. The van der Waals surface area contributed by atoms with E-state index in [1.165, 1.54) is 11.5 Å². The molecular weight excluding hydrogens is 267 g/mol. The van der Waals surface area contributed by atoms with E-state index in [1.807, 2.05) is 0 Å². The fourth-order valence-electron chi connectivity index (χ4n) is 2.49. The van der Waals surface area contributed by atoms with E-state index in [2.05, 4.69) is 5.32 Å². The Hall–Kier alpha value is -1.64. The number of nitrogens with one attached hydrogen (secondary N) is 2. The lowest BCUT2D eigenvalue weighted by atomic mass is 9.98. The van der Waals surface area contributed by atoms with Gasteiger partial charge in [-0.3, -0.25) is 5.41 Å². The first-order chi connectivity index (χ1) is 9.34. The van der Waals surface area contributed by atoms with E-state index in [0.717, 1.165) is 0 Å². The van der Waals surface area contributed by atoms with Gasteiger partial charge in [0.15, 0.2) is 12.4 Å². The molecule has 112 valence electrons. The maximum absolute atomic E-state index is 14.1. The van der Waals surface area contributed by atoms with Crippen LogP contribution in [0.15, 0.2) is 12.3 Å². The molecule has 8 heteroatoms. The Morgan fingerprint density at radius 3 is 2.80 bits per heavy atom. The van der Waals surface area contributed by atoms with Gasteiger partial charge in [0.05, 0.1) is 12.2 Å². The molecule has 20 heavy (non-hydrogen) atoms. The third kappa shape index (κ3) is 2.05. The number of alkyl halides is 1. The van der Waals surface area contributed by atoms with Crippen LogP contribution in [0.4, 0.5) is 10.2 Å². The molecule has 0 aromatic carbocycles. The van der Waals surface area contributed by atoms with E-state index < -0.39 is 30.7 Å². The van der Waals surface area contributed by atoms with Crippen LogP contribution in [0.3, 0.4) is 0 Å². The third-order valence-corrected chi connectivity index (χ3v) is 3.56. The first-order valence-electron chi connectivity index (χ1n) is 6.20. The van der Waals surface area contributed by atoms with Gasteiger partial charge in [-0.05, 0) is 13.0 Å². The molecule has 0 spiro atoms. The van der Waals surface area contributed by atoms with Crippen molar-refractivity contribution in [1.29, 1.82) is 5.41 Å². The van der Waals surface area contributed by atoms with Gasteiger partial charge in [0.2, 0.25) is 0 Å². The van der Waals surface area contributed by atoms with Crippen LogP contribution in [0.5, 0.6) is 0 Å². The van der Waals surface area contributed by atoms with Gasteiger partial charge in [-0.2, -0.15) is 0 Å². The number of ether oxygens (including phenoxy) is 1. The molecule has 0 bridgehead atoms. The van der Waals surface area contributed by atoms with Gasteiger partial charge in [-0.15, -0.1) is 0 Å². The SMILES string of the molecule is CNc1c(C(=N)N)ccn1[C@@H]1O[C@H](CO)[C@@H](F)[C@@]1(C)O. The normalized spacial score (nSPS) is 33.4. The van der Waals surface area contributed by atoms with Gasteiger partial charge in [0, 0.05) is 13.2 Å². The average Bonchev–Trinajstić information content (AvgIpc) is 2.90. The first-order valence-corrected chi connectivity index (χ1v) is 6.20. The minimum Gasteiger partial charge on any atom is -0.394 e. The summed E-state index contributed by atoms with van der Waals surface area (Å²) >= 11 is 0. The number of aliphatic hydroxyl groups is 2. The zero-order valence-corrected chi connectivity index (χ0v) is 11.3. The Morgan fingerprint density at radius 2 is 2.35 bits per heavy atom. The number of aromatic nitrogens is 1. The summed E-state index contributed by atoms with van der Waals surface area (Å²) < 4.78 is 20.9. The molecule has 2 heterocycles. The van der Waals surface area contributed by atoms with Crippen molar-refractivity contribution in [3.05, 3.63) is 17.8 Å². The highest BCUT2D eigenvalue weighted by Gasteiger charge is 2.54. The van der Waals surface area contributed by atoms with Crippen LogP contribution < -0.4 is 11.1 Å². The molecule has 1 saturated heterocycles. The molecule has 1 aliphatic heterocycles. The van der Waals surface area contributed by atoms with Crippen LogP contribution in [0.25, 0.3) is 0 Å². The molecular formula is C12H19FN4O3. The average molecular weight is 286 g/mol. The zero-order valence-electron chi connectivity index (χ0n) is 11.3. The van der Waals surface area contributed by atoms with Crippen molar-refractivity contribution in [2.45, 2.75) is 31.0 Å². The minimum absolute atomic E-state index is 0.152. The third-order valence-electron chi connectivity index (χ3n) is 3.56. The lowest BCUT2D eigenvalue weighted by Gasteiger charge is -2.28. The molecule has 0 unspecified atom stereocenters. The summed E-state index contributed by atoms with van der Waals surface area (Å²) in [5.41, 5.74) is 4.09. The highest BCUT2D eigenvalue weighted by molar-refractivity contribution is 5.99. The second-order valence-electron chi connectivity index (χ2n) is 4.99. The van der Waals surface area contributed by atoms with Crippen LogP contribution in [0, 0.1) is 5.41 Å². The van der Waals surface area contributed by atoms with Crippen LogP contribution >= 0.6 is 0 Å². The number of nitrogens with two attached hydrogens (primary N) is 1. The molecule has 1 fully saturated rings. The fraction of sp³-hybridized carbons (Fsp3) is 0.583. The van der Waals surface area contributed by atoms with Crippen molar-refractivity contribution in [3.63, 3.8) is 0 Å². The summed E-state index contributed by atoms with van der Waals surface area (Å²) in [4.78, 5) is 0. The minimum atomic E-state index is -1.80. The van der Waals surface area contributed by atoms with E-state index in [1.54, 1.807) is 19.3 Å². The molecule has 0 radical (unpaired) electrons. The monoisotopic (exact) mass is 286 g/mol. The van der Waals surface area contributed by atoms with E-state index in [9.17, 15) is 9.50 Å². The predicted octanol–water partition coefficient (Wildman–Crippen LogP) is -0.207. The standard InChI is InChI=1S/C12H19FN4O3/c1-12(19)8(13)7(5-18)20-11(12)17-4-3-6(9(14)15)10(17)16-2/h3-4,7-8,11,16,18-19H,5H2,1-2H3,(H3,14,15)/t7-,8-,11-,12-/m1/s1. The van der Waals surface area contributed by atoms with Crippen molar-refractivity contribution in [3.8, 4) is 0 Å². The summed E-state index contributed by atoms with van der Waals surface area (Å²) in [7, 11) is 1.62. The van der Waals surface area contributed by atoms with Gasteiger partial charge in [0.25, 0.3) is 0 Å². The number of halogens is 1. The molecule has 0 amide bonds. The van der Waals surface area contributed by atoms with Gasteiger partial charge in [0.1, 0.15) is 23.4 Å². The number of hydrogen-bond donors (Lipinski definition) is 5. The van der Waals surface area contributed by atoms with E-state index in [0.29, 0.717) is 11.4 Å². The number of aliphatic hydroxyl groups excluding tert-OH is 1. The highest BCUT2D eigenvalue weighted by Crippen LogP contribution is 2.42. The number of nitrogens with zero attached hydrogens (tertiary/aromatic N) is 1. The van der Waals surface area contributed by atoms with Gasteiger partial charge < -0.3 is 30.6 Å². The predicted molar refractivity (Wildman–Crippen MR) is 71.5 cm³/mol. The second-order valence-corrected chi connectivity index (χ2v) is 4.99. The molecule has 0 aliphatic carbocycles. The molecule has 1 aromatic rings. The maximum atomic E-state index is 14.1. The first kappa shape index (κ1) is 14.8. The van der Waals surface area contributed by atoms with E-state index in [-0.39, 0.29) is 5.84 Å². The van der Waals surface area contributed by atoms with Gasteiger partial charge in [-0.1, -0.05) is 0 Å². The molecule has 7 nitrogen and oxygen atoms in total. The lowest BCUT2D eigenvalue weighted by Crippen LogP contribution is -2.41. The number of hydrogen-bond acceptors (Lipinski definition) is 5. The van der Waals surface area contributed by atoms with Crippen LogP contribution in [-0.4, -0.2) is 52.1 Å². The Morgan fingerprint density at radius 1 is 1.70 bits per heavy atom. The van der Waals surface area contributed by atoms with Crippen LogP contribution in [0.1, 0.15) is 18.7 Å². The zero-order chi connectivity index (χ0) is 15.1. The molecule has 1 aromatic heterocycles. The fourth-order valence-corrected chi connectivity index (χ4v) is 2.49. The molecule has 4 atom stereocenters. The highest BCUT2D eigenvalue weighted by atomic mass is 19.1.